The van der Waals surface area contributed by atoms with E-state index in [1.54, 1.807) is 31.3 Å². The average molecular weight is 246 g/mol. The molecule has 18 heavy (non-hydrogen) atoms. The Hall–Kier alpha value is -0.260. The Morgan fingerprint density at radius 3 is 2.28 bits per heavy atom. The lowest BCUT2D eigenvalue weighted by Gasteiger charge is -2.48. The molecule has 5 atom stereocenters. The fourth-order valence-corrected chi connectivity index (χ4v) is 5.31. The van der Waals surface area contributed by atoms with Crippen LogP contribution < -0.4 is 0 Å². The quantitative estimate of drug-likeness (QED) is 0.557. The molecule has 3 rings (SSSR count). The summed E-state index contributed by atoms with van der Waals surface area (Å²) in [6.45, 7) is 6.74. The number of hydrogen-bond donors (Lipinski definition) is 0. The van der Waals surface area contributed by atoms with E-state index >= 15 is 0 Å². The Morgan fingerprint density at radius 2 is 1.61 bits per heavy atom. The number of hydrogen-bond acceptors (Lipinski definition) is 0. The second-order valence-electron chi connectivity index (χ2n) is 7.38. The summed E-state index contributed by atoms with van der Waals surface area (Å²) in [4.78, 5) is 0. The Morgan fingerprint density at radius 1 is 0.944 bits per heavy atom. The van der Waals surface area contributed by atoms with Crippen LogP contribution in [0.1, 0.15) is 71.1 Å². The SMILES string of the molecule is C=C1CC2CC3CCCCC3CC2CC1CCC. The lowest BCUT2D eigenvalue weighted by Crippen LogP contribution is -2.37. The predicted octanol–water partition coefficient (Wildman–Crippen LogP) is 5.59. The Labute approximate surface area is 113 Å². The van der Waals surface area contributed by atoms with E-state index in [1.165, 1.54) is 38.5 Å². The van der Waals surface area contributed by atoms with E-state index < -0.39 is 0 Å². The topological polar surface area (TPSA) is 0 Å². The van der Waals surface area contributed by atoms with E-state index in [1.807, 2.05) is 0 Å². The summed E-state index contributed by atoms with van der Waals surface area (Å²) in [6.07, 6.45) is 14.8. The summed E-state index contributed by atoms with van der Waals surface area (Å²) in [5.74, 6) is 5.15. The first-order valence-electron chi connectivity index (χ1n) is 8.45. The zero-order chi connectivity index (χ0) is 12.5. The second-order valence-corrected chi connectivity index (χ2v) is 7.38. The largest absolute Gasteiger partial charge is 0.0996 e. The van der Waals surface area contributed by atoms with Gasteiger partial charge in [-0.1, -0.05) is 51.2 Å². The monoisotopic (exact) mass is 246 g/mol. The molecule has 3 fully saturated rings. The highest BCUT2D eigenvalue weighted by molar-refractivity contribution is 5.09. The van der Waals surface area contributed by atoms with Crippen molar-refractivity contribution in [3.63, 3.8) is 0 Å². The highest BCUT2D eigenvalue weighted by Crippen LogP contribution is 2.52. The van der Waals surface area contributed by atoms with Gasteiger partial charge in [0.15, 0.2) is 0 Å². The molecule has 0 aromatic rings. The van der Waals surface area contributed by atoms with Crippen LogP contribution in [0.5, 0.6) is 0 Å². The minimum atomic E-state index is 0.872. The van der Waals surface area contributed by atoms with Crippen molar-refractivity contribution in [2.45, 2.75) is 71.1 Å². The van der Waals surface area contributed by atoms with Gasteiger partial charge < -0.3 is 0 Å². The van der Waals surface area contributed by atoms with Gasteiger partial charge in [-0.3, -0.25) is 0 Å². The molecule has 0 aliphatic heterocycles. The van der Waals surface area contributed by atoms with E-state index in [2.05, 4.69) is 13.5 Å². The third-order valence-corrected chi connectivity index (χ3v) is 6.27. The fraction of sp³-hybridized carbons (Fsp3) is 0.889. The van der Waals surface area contributed by atoms with Crippen molar-refractivity contribution in [3.8, 4) is 0 Å². The zero-order valence-corrected chi connectivity index (χ0v) is 12.2. The van der Waals surface area contributed by atoms with Gasteiger partial charge in [0.05, 0.1) is 0 Å². The molecule has 102 valence electrons. The molecule has 0 bridgehead atoms. The van der Waals surface area contributed by atoms with Crippen LogP contribution in [0.4, 0.5) is 0 Å². The number of allylic oxidation sites excluding steroid dienone is 1. The maximum absolute atomic E-state index is 4.41. The van der Waals surface area contributed by atoms with E-state index in [-0.39, 0.29) is 0 Å². The van der Waals surface area contributed by atoms with Crippen molar-refractivity contribution in [1.29, 1.82) is 0 Å². The Bertz CT molecular complexity index is 303. The Balaban J connectivity index is 1.66. The highest BCUT2D eigenvalue weighted by Gasteiger charge is 2.41. The molecule has 3 aliphatic rings. The van der Waals surface area contributed by atoms with E-state index in [9.17, 15) is 0 Å². The van der Waals surface area contributed by atoms with Crippen LogP contribution in [0.3, 0.4) is 0 Å². The van der Waals surface area contributed by atoms with Crippen molar-refractivity contribution < 1.29 is 0 Å². The number of rotatable bonds is 2. The van der Waals surface area contributed by atoms with Crippen molar-refractivity contribution in [1.82, 2.24) is 0 Å². The molecule has 0 nitrogen and oxygen atoms in total. The molecule has 0 N–H and O–H groups in total. The second kappa shape index (κ2) is 5.39. The minimum Gasteiger partial charge on any atom is -0.0996 e. The molecule has 0 amide bonds. The summed E-state index contributed by atoms with van der Waals surface area (Å²) in [5, 5.41) is 0. The van der Waals surface area contributed by atoms with Gasteiger partial charge in [-0.25, -0.2) is 0 Å². The molecule has 0 heterocycles. The van der Waals surface area contributed by atoms with Crippen LogP contribution in [-0.4, -0.2) is 0 Å². The molecule has 0 spiro atoms. The van der Waals surface area contributed by atoms with Crippen molar-refractivity contribution in [2.24, 2.45) is 29.6 Å². The first kappa shape index (κ1) is 12.8. The van der Waals surface area contributed by atoms with Gasteiger partial charge in [-0.15, -0.1) is 0 Å². The average Bonchev–Trinajstić information content (AvgIpc) is 2.38. The van der Waals surface area contributed by atoms with Gasteiger partial charge in [0.1, 0.15) is 0 Å². The maximum Gasteiger partial charge on any atom is -0.0203 e. The minimum absolute atomic E-state index is 0.872. The zero-order valence-electron chi connectivity index (χ0n) is 12.2. The molecular formula is C18H30. The van der Waals surface area contributed by atoms with E-state index in [0.717, 1.165) is 29.6 Å². The van der Waals surface area contributed by atoms with Crippen molar-refractivity contribution in [2.75, 3.05) is 0 Å². The van der Waals surface area contributed by atoms with E-state index in [0.29, 0.717) is 0 Å². The molecule has 0 heteroatoms. The third-order valence-electron chi connectivity index (χ3n) is 6.27. The molecule has 0 aromatic carbocycles. The first-order chi connectivity index (χ1) is 8.78. The molecule has 3 aliphatic carbocycles. The van der Waals surface area contributed by atoms with E-state index in [4.69, 9.17) is 0 Å². The summed E-state index contributed by atoms with van der Waals surface area (Å²) in [7, 11) is 0. The van der Waals surface area contributed by atoms with Crippen LogP contribution in [0, 0.1) is 29.6 Å². The summed E-state index contributed by atoms with van der Waals surface area (Å²) < 4.78 is 0. The summed E-state index contributed by atoms with van der Waals surface area (Å²) >= 11 is 0. The normalized spacial score (nSPS) is 44.3. The van der Waals surface area contributed by atoms with Gasteiger partial charge >= 0.3 is 0 Å². The Kier molecular flexibility index (Phi) is 3.82. The summed E-state index contributed by atoms with van der Waals surface area (Å²) in [6, 6.07) is 0. The first-order valence-corrected chi connectivity index (χ1v) is 8.45. The van der Waals surface area contributed by atoms with Gasteiger partial charge in [-0.05, 0) is 61.7 Å². The maximum atomic E-state index is 4.41. The van der Waals surface area contributed by atoms with Gasteiger partial charge in [0, 0.05) is 0 Å². The molecule has 5 unspecified atom stereocenters. The lowest BCUT2D eigenvalue weighted by atomic mass is 9.57. The highest BCUT2D eigenvalue weighted by atomic mass is 14.5. The van der Waals surface area contributed by atoms with Crippen LogP contribution in [0.15, 0.2) is 12.2 Å². The van der Waals surface area contributed by atoms with Gasteiger partial charge in [0.25, 0.3) is 0 Å². The van der Waals surface area contributed by atoms with Crippen LogP contribution in [0.2, 0.25) is 0 Å². The smallest absolute Gasteiger partial charge is 0.0203 e. The molecular weight excluding hydrogens is 216 g/mol. The van der Waals surface area contributed by atoms with Crippen molar-refractivity contribution >= 4 is 0 Å². The number of fused-ring (bicyclic) bond motifs is 2. The molecule has 0 radical (unpaired) electrons. The predicted molar refractivity (Wildman–Crippen MR) is 78.4 cm³/mol. The van der Waals surface area contributed by atoms with Gasteiger partial charge in [0.2, 0.25) is 0 Å². The van der Waals surface area contributed by atoms with Crippen LogP contribution in [-0.2, 0) is 0 Å². The third kappa shape index (κ3) is 2.40. The lowest BCUT2D eigenvalue weighted by molar-refractivity contribution is 0.0510. The molecule has 0 saturated heterocycles. The fourth-order valence-electron chi connectivity index (χ4n) is 5.31. The van der Waals surface area contributed by atoms with Crippen LogP contribution >= 0.6 is 0 Å². The van der Waals surface area contributed by atoms with Crippen molar-refractivity contribution in [3.05, 3.63) is 12.2 Å². The summed E-state index contributed by atoms with van der Waals surface area (Å²) in [5.41, 5.74) is 1.60. The van der Waals surface area contributed by atoms with Crippen LogP contribution in [0.25, 0.3) is 0 Å². The van der Waals surface area contributed by atoms with Gasteiger partial charge in [-0.2, -0.15) is 0 Å². The molecule has 0 aromatic heterocycles. The standard InChI is InChI=1S/C18H30/c1-3-6-14-10-18-12-16-8-5-4-7-15(16)11-17(18)9-13(14)2/h14-18H,2-12H2,1H3. The molecule has 3 saturated carbocycles.